The monoisotopic (exact) mass is 126 g/mol. The van der Waals surface area contributed by atoms with E-state index >= 15 is 0 Å². The van der Waals surface area contributed by atoms with Crippen LogP contribution in [0.2, 0.25) is 0 Å². The quantitative estimate of drug-likeness (QED) is 0.442. The lowest BCUT2D eigenvalue weighted by Gasteiger charge is -2.28. The highest BCUT2D eigenvalue weighted by molar-refractivity contribution is 5.10. The number of fused-ring (bicyclic) bond motifs is 3. The summed E-state index contributed by atoms with van der Waals surface area (Å²) in [5, 5.41) is 0. The first-order valence-electron chi connectivity index (χ1n) is 3.63. The van der Waals surface area contributed by atoms with E-state index in [1.165, 1.54) is 32.1 Å². The minimum Gasteiger partial charge on any atom is -0.412 e. The number of hydrogen-bond acceptors (Lipinski definition) is 0. The van der Waals surface area contributed by atoms with E-state index < -0.39 is 0 Å². The van der Waals surface area contributed by atoms with Gasteiger partial charge in [0.15, 0.2) is 0 Å². The van der Waals surface area contributed by atoms with Gasteiger partial charge in [-0.05, 0) is 38.0 Å². The van der Waals surface area contributed by atoms with Crippen molar-refractivity contribution in [3.63, 3.8) is 0 Å². The topological polar surface area (TPSA) is 31.5 Å². The normalized spacial score (nSPS) is 25.1. The van der Waals surface area contributed by atoms with Crippen molar-refractivity contribution in [2.24, 2.45) is 5.92 Å². The van der Waals surface area contributed by atoms with Crippen molar-refractivity contribution in [2.75, 3.05) is 0 Å². The van der Waals surface area contributed by atoms with Gasteiger partial charge in [-0.1, -0.05) is 11.6 Å². The molecule has 2 bridgehead atoms. The molecule has 0 aliphatic heterocycles. The van der Waals surface area contributed by atoms with E-state index in [-0.39, 0.29) is 5.48 Å². The third-order valence-corrected chi connectivity index (χ3v) is 2.49. The molecule has 3 aliphatic carbocycles. The predicted molar refractivity (Wildman–Crippen MR) is 38.3 cm³/mol. The van der Waals surface area contributed by atoms with Crippen LogP contribution in [0.15, 0.2) is 11.6 Å². The summed E-state index contributed by atoms with van der Waals surface area (Å²) in [6, 6.07) is 0. The first-order valence-corrected chi connectivity index (χ1v) is 3.63. The molecule has 1 nitrogen and oxygen atoms in total. The van der Waals surface area contributed by atoms with Crippen LogP contribution in [0.5, 0.6) is 0 Å². The summed E-state index contributed by atoms with van der Waals surface area (Å²) in [6.45, 7) is 0. The molecule has 3 aliphatic rings. The molecule has 0 aromatic heterocycles. The average Bonchev–Trinajstić information content (AvgIpc) is 1.92. The fraction of sp³-hybridized carbons (Fsp3) is 0.750. The molecule has 0 aromatic rings. The van der Waals surface area contributed by atoms with E-state index in [0.29, 0.717) is 0 Å². The smallest absolute Gasteiger partial charge is 0.0318 e. The van der Waals surface area contributed by atoms with Crippen LogP contribution >= 0.6 is 0 Å². The van der Waals surface area contributed by atoms with Crippen LogP contribution < -0.4 is 0 Å². The number of allylic oxidation sites excluding steroid dienone is 2. The van der Waals surface area contributed by atoms with Gasteiger partial charge in [-0.2, -0.15) is 0 Å². The van der Waals surface area contributed by atoms with Crippen LogP contribution in [0.1, 0.15) is 32.1 Å². The summed E-state index contributed by atoms with van der Waals surface area (Å²) in [6.07, 6.45) is 9.68. The summed E-state index contributed by atoms with van der Waals surface area (Å²) in [7, 11) is 0. The Hall–Kier alpha value is -0.300. The minimum atomic E-state index is 0. The van der Waals surface area contributed by atoms with Crippen molar-refractivity contribution in [3.8, 4) is 0 Å². The van der Waals surface area contributed by atoms with E-state index in [4.69, 9.17) is 0 Å². The van der Waals surface area contributed by atoms with E-state index in [0.717, 1.165) is 5.92 Å². The Morgan fingerprint density at radius 2 is 1.89 bits per heavy atom. The zero-order valence-corrected chi connectivity index (χ0v) is 5.69. The summed E-state index contributed by atoms with van der Waals surface area (Å²) in [4.78, 5) is 0. The predicted octanol–water partition coefficient (Wildman–Crippen LogP) is 1.68. The van der Waals surface area contributed by atoms with Crippen molar-refractivity contribution in [2.45, 2.75) is 32.1 Å². The van der Waals surface area contributed by atoms with E-state index in [2.05, 4.69) is 6.08 Å². The van der Waals surface area contributed by atoms with E-state index in [1.807, 2.05) is 0 Å². The molecule has 2 N–H and O–H groups in total. The molecule has 0 aromatic carbocycles. The molecule has 0 atom stereocenters. The van der Waals surface area contributed by atoms with Crippen molar-refractivity contribution in [1.82, 2.24) is 0 Å². The fourth-order valence-corrected chi connectivity index (χ4v) is 1.82. The van der Waals surface area contributed by atoms with E-state index in [9.17, 15) is 0 Å². The molecule has 1 heteroatoms. The lowest BCUT2D eigenvalue weighted by Crippen LogP contribution is -2.12. The van der Waals surface area contributed by atoms with Crippen LogP contribution in [0.4, 0.5) is 0 Å². The molecule has 0 saturated heterocycles. The Morgan fingerprint density at radius 3 is 2.00 bits per heavy atom. The van der Waals surface area contributed by atoms with Crippen molar-refractivity contribution >= 4 is 0 Å². The van der Waals surface area contributed by atoms with Gasteiger partial charge in [-0.3, -0.25) is 0 Å². The lowest BCUT2D eigenvalue weighted by molar-refractivity contribution is 0.384. The molecular weight excluding hydrogens is 112 g/mol. The van der Waals surface area contributed by atoms with Crippen molar-refractivity contribution in [1.29, 1.82) is 0 Å². The first kappa shape index (κ1) is 6.81. The maximum Gasteiger partial charge on any atom is -0.0318 e. The van der Waals surface area contributed by atoms with Crippen LogP contribution in [0.25, 0.3) is 0 Å². The zero-order chi connectivity index (χ0) is 5.40. The van der Waals surface area contributed by atoms with Gasteiger partial charge in [0, 0.05) is 0 Å². The summed E-state index contributed by atoms with van der Waals surface area (Å²) in [5.41, 5.74) is 1.74. The highest BCUT2D eigenvalue weighted by Gasteiger charge is 2.19. The van der Waals surface area contributed by atoms with Crippen LogP contribution in [0.3, 0.4) is 0 Å². The Kier molecular flexibility index (Phi) is 1.91. The Labute approximate surface area is 56.1 Å². The Balaban J connectivity index is 0.000000405. The average molecular weight is 126 g/mol. The molecular formula is C8H14O. The maximum absolute atomic E-state index is 2.46. The first-order chi connectivity index (χ1) is 3.95. The highest BCUT2D eigenvalue weighted by atomic mass is 16.0. The van der Waals surface area contributed by atoms with Gasteiger partial charge in [0.05, 0.1) is 0 Å². The van der Waals surface area contributed by atoms with Gasteiger partial charge in [0.1, 0.15) is 0 Å². The molecule has 0 amide bonds. The second-order valence-electron chi connectivity index (χ2n) is 3.04. The van der Waals surface area contributed by atoms with Gasteiger partial charge in [-0.25, -0.2) is 0 Å². The fourth-order valence-electron chi connectivity index (χ4n) is 1.82. The van der Waals surface area contributed by atoms with Crippen LogP contribution in [-0.4, -0.2) is 5.48 Å². The zero-order valence-electron chi connectivity index (χ0n) is 5.69. The molecule has 0 spiro atoms. The molecule has 0 heterocycles. The lowest BCUT2D eigenvalue weighted by atomic mass is 9.78. The molecule has 0 radical (unpaired) electrons. The summed E-state index contributed by atoms with van der Waals surface area (Å²) < 4.78 is 0. The second-order valence-corrected chi connectivity index (χ2v) is 3.04. The molecule has 1 fully saturated rings. The molecule has 9 heavy (non-hydrogen) atoms. The molecule has 0 unspecified atom stereocenters. The van der Waals surface area contributed by atoms with Gasteiger partial charge < -0.3 is 5.48 Å². The standard InChI is InChI=1S/C8H12.H2O/c1-2-8-5-3-7(1)4-6-8;/h1,8H,2-6H2;1H2. The molecule has 1 saturated carbocycles. The van der Waals surface area contributed by atoms with Gasteiger partial charge in [-0.15, -0.1) is 0 Å². The number of rotatable bonds is 0. The number of hydrogen-bond donors (Lipinski definition) is 0. The third kappa shape index (κ3) is 1.16. The minimum absolute atomic E-state index is 0. The van der Waals surface area contributed by atoms with E-state index in [1.54, 1.807) is 5.57 Å². The van der Waals surface area contributed by atoms with Gasteiger partial charge in [0.2, 0.25) is 0 Å². The Morgan fingerprint density at radius 1 is 1.22 bits per heavy atom. The molecule has 3 rings (SSSR count). The van der Waals surface area contributed by atoms with Crippen LogP contribution in [0, 0.1) is 5.92 Å². The summed E-state index contributed by atoms with van der Waals surface area (Å²) >= 11 is 0. The van der Waals surface area contributed by atoms with Crippen molar-refractivity contribution < 1.29 is 5.48 Å². The Bertz CT molecular complexity index is 117. The molecule has 52 valence electrons. The van der Waals surface area contributed by atoms with Gasteiger partial charge in [0.25, 0.3) is 0 Å². The largest absolute Gasteiger partial charge is 0.412 e. The highest BCUT2D eigenvalue weighted by Crippen LogP contribution is 2.36. The SMILES string of the molecule is C1=C2CCC(C1)CC2.O. The summed E-state index contributed by atoms with van der Waals surface area (Å²) in [5.74, 6) is 1.08. The van der Waals surface area contributed by atoms with Gasteiger partial charge >= 0.3 is 0 Å². The maximum atomic E-state index is 2.46. The van der Waals surface area contributed by atoms with Crippen LogP contribution in [-0.2, 0) is 0 Å². The second kappa shape index (κ2) is 2.53. The van der Waals surface area contributed by atoms with Crippen molar-refractivity contribution in [3.05, 3.63) is 11.6 Å². The third-order valence-electron chi connectivity index (χ3n) is 2.49.